The van der Waals surface area contributed by atoms with Gasteiger partial charge in [0.1, 0.15) is 5.75 Å². The van der Waals surface area contributed by atoms with Crippen LogP contribution in [0.25, 0.3) is 11.1 Å². The van der Waals surface area contributed by atoms with Crippen LogP contribution in [0.1, 0.15) is 5.56 Å². The minimum atomic E-state index is -4.99. The molecule has 0 fully saturated rings. The summed E-state index contributed by atoms with van der Waals surface area (Å²) in [5.41, 5.74) is -2.15. The second-order valence-corrected chi connectivity index (χ2v) is 5.85. The van der Waals surface area contributed by atoms with Crippen molar-refractivity contribution in [2.24, 2.45) is 0 Å². The summed E-state index contributed by atoms with van der Waals surface area (Å²) >= 11 is 0. The number of nitro benzene ring substituents is 2. The maximum Gasteiger partial charge on any atom is 0.416 e. The van der Waals surface area contributed by atoms with Gasteiger partial charge in [-0.2, -0.15) is 13.2 Å². The Morgan fingerprint density at radius 3 is 1.69 bits per heavy atom. The van der Waals surface area contributed by atoms with E-state index in [9.17, 15) is 33.4 Å². The number of hydrogen-bond donors (Lipinski definition) is 0. The van der Waals surface area contributed by atoms with E-state index in [2.05, 4.69) is 0 Å². The van der Waals surface area contributed by atoms with Crippen molar-refractivity contribution in [3.05, 3.63) is 92.5 Å². The Bertz CT molecular complexity index is 1030. The molecule has 3 aromatic carbocycles. The summed E-state index contributed by atoms with van der Waals surface area (Å²) in [5.74, 6) is -0.879. The lowest BCUT2D eigenvalue weighted by Gasteiger charge is -2.11. The van der Waals surface area contributed by atoms with Crippen LogP contribution in [0.3, 0.4) is 0 Å². The second-order valence-electron chi connectivity index (χ2n) is 5.85. The first-order valence-electron chi connectivity index (χ1n) is 8.04. The number of nitro groups is 2. The maximum absolute atomic E-state index is 13.0. The van der Waals surface area contributed by atoms with Crippen molar-refractivity contribution in [3.63, 3.8) is 0 Å². The van der Waals surface area contributed by atoms with E-state index in [1.54, 1.807) is 12.1 Å². The molecular formula is C19H11F3N2O5. The van der Waals surface area contributed by atoms with E-state index in [1.807, 2.05) is 30.3 Å². The van der Waals surface area contributed by atoms with Crippen molar-refractivity contribution in [1.29, 1.82) is 0 Å². The third-order valence-corrected chi connectivity index (χ3v) is 3.95. The molecule has 0 bridgehead atoms. The van der Waals surface area contributed by atoms with Crippen molar-refractivity contribution in [3.8, 4) is 22.6 Å². The highest BCUT2D eigenvalue weighted by Crippen LogP contribution is 2.44. The lowest BCUT2D eigenvalue weighted by atomic mass is 10.1. The first-order chi connectivity index (χ1) is 13.7. The highest BCUT2D eigenvalue weighted by Gasteiger charge is 2.38. The van der Waals surface area contributed by atoms with E-state index < -0.39 is 38.7 Å². The molecule has 29 heavy (non-hydrogen) atoms. The number of hydrogen-bond acceptors (Lipinski definition) is 5. The fourth-order valence-corrected chi connectivity index (χ4v) is 2.60. The monoisotopic (exact) mass is 404 g/mol. The van der Waals surface area contributed by atoms with Gasteiger partial charge in [-0.25, -0.2) is 0 Å². The highest BCUT2D eigenvalue weighted by molar-refractivity contribution is 5.66. The van der Waals surface area contributed by atoms with Gasteiger partial charge in [-0.05, 0) is 23.3 Å². The summed E-state index contributed by atoms with van der Waals surface area (Å²) in [4.78, 5) is 20.2. The quantitative estimate of drug-likeness (QED) is 0.385. The highest BCUT2D eigenvalue weighted by atomic mass is 19.4. The van der Waals surface area contributed by atoms with Crippen LogP contribution >= 0.6 is 0 Å². The molecule has 0 amide bonds. The Kier molecular flexibility index (Phi) is 5.18. The summed E-state index contributed by atoms with van der Waals surface area (Å²) < 4.78 is 44.1. The molecule has 0 spiro atoms. The number of benzene rings is 3. The molecule has 0 aromatic heterocycles. The van der Waals surface area contributed by atoms with Gasteiger partial charge in [0.05, 0.1) is 15.4 Å². The van der Waals surface area contributed by atoms with Gasteiger partial charge in [-0.1, -0.05) is 42.5 Å². The zero-order valence-corrected chi connectivity index (χ0v) is 14.4. The van der Waals surface area contributed by atoms with E-state index in [4.69, 9.17) is 4.74 Å². The largest absolute Gasteiger partial charge is 0.444 e. The van der Waals surface area contributed by atoms with Gasteiger partial charge in [0.2, 0.25) is 0 Å². The molecular weight excluding hydrogens is 393 g/mol. The summed E-state index contributed by atoms with van der Waals surface area (Å²) in [5, 5.41) is 22.5. The molecule has 3 aromatic rings. The molecule has 0 aliphatic carbocycles. The van der Waals surface area contributed by atoms with Crippen molar-refractivity contribution < 1.29 is 27.8 Å². The Balaban J connectivity index is 2.04. The molecule has 0 heterocycles. The summed E-state index contributed by atoms with van der Waals surface area (Å²) in [6, 6.07) is 15.7. The first kappa shape index (κ1) is 19.8. The van der Waals surface area contributed by atoms with E-state index in [0.29, 0.717) is 0 Å². The normalized spacial score (nSPS) is 11.1. The lowest BCUT2D eigenvalue weighted by molar-refractivity contribution is -0.396. The minimum absolute atomic E-state index is 0.00404. The number of ether oxygens (including phenoxy) is 1. The number of rotatable bonds is 5. The maximum atomic E-state index is 13.0. The molecule has 148 valence electrons. The van der Waals surface area contributed by atoms with Crippen LogP contribution in [0, 0.1) is 20.2 Å². The topological polar surface area (TPSA) is 95.5 Å². The van der Waals surface area contributed by atoms with Crippen LogP contribution in [0.4, 0.5) is 24.5 Å². The molecule has 7 nitrogen and oxygen atoms in total. The van der Waals surface area contributed by atoms with Crippen molar-refractivity contribution in [2.75, 3.05) is 0 Å². The predicted octanol–water partition coefficient (Wildman–Crippen LogP) is 5.98. The summed E-state index contributed by atoms with van der Waals surface area (Å²) in [6.45, 7) is 0. The summed E-state index contributed by atoms with van der Waals surface area (Å²) in [7, 11) is 0. The molecule has 3 rings (SSSR count). The smallest absolute Gasteiger partial charge is 0.416 e. The van der Waals surface area contributed by atoms with Gasteiger partial charge in [-0.15, -0.1) is 0 Å². The lowest BCUT2D eigenvalue weighted by Crippen LogP contribution is -2.08. The van der Waals surface area contributed by atoms with Crippen LogP contribution in [-0.4, -0.2) is 9.85 Å². The molecule has 0 aliphatic heterocycles. The van der Waals surface area contributed by atoms with Crippen molar-refractivity contribution in [1.82, 2.24) is 0 Å². The van der Waals surface area contributed by atoms with Gasteiger partial charge >= 0.3 is 17.6 Å². The third-order valence-electron chi connectivity index (χ3n) is 3.95. The third kappa shape index (κ3) is 4.32. The van der Waals surface area contributed by atoms with Crippen LogP contribution < -0.4 is 4.74 Å². The zero-order valence-electron chi connectivity index (χ0n) is 14.4. The SMILES string of the molecule is O=[N+]([O-])c1cc(C(F)(F)F)cc([N+](=O)[O-])c1Oc1ccc(-c2ccccc2)cc1. The molecule has 0 aliphatic rings. The van der Waals surface area contributed by atoms with Gasteiger partial charge in [-0.3, -0.25) is 20.2 Å². The number of nitrogens with zero attached hydrogens (tertiary/aromatic N) is 2. The average Bonchev–Trinajstić information content (AvgIpc) is 2.68. The molecule has 10 heteroatoms. The fourth-order valence-electron chi connectivity index (χ4n) is 2.60. The summed E-state index contributed by atoms with van der Waals surface area (Å²) in [6.07, 6.45) is -4.99. The zero-order chi connectivity index (χ0) is 21.2. The molecule has 0 unspecified atom stereocenters. The second kappa shape index (κ2) is 7.58. The van der Waals surface area contributed by atoms with Gasteiger partial charge in [0, 0.05) is 12.1 Å². The fraction of sp³-hybridized carbons (Fsp3) is 0.0526. The Morgan fingerprint density at radius 1 is 0.759 bits per heavy atom. The number of alkyl halides is 3. The van der Waals surface area contributed by atoms with Crippen LogP contribution in [0.5, 0.6) is 11.5 Å². The first-order valence-corrected chi connectivity index (χ1v) is 8.04. The van der Waals surface area contributed by atoms with E-state index in [1.165, 1.54) is 12.1 Å². The Hall–Kier alpha value is -3.95. The molecule has 0 radical (unpaired) electrons. The molecule has 0 saturated carbocycles. The van der Waals surface area contributed by atoms with Gasteiger partial charge in [0.15, 0.2) is 0 Å². The Morgan fingerprint density at radius 2 is 1.24 bits per heavy atom. The molecule has 0 atom stereocenters. The van der Waals surface area contributed by atoms with E-state index >= 15 is 0 Å². The van der Waals surface area contributed by atoms with Gasteiger partial charge < -0.3 is 4.74 Å². The average molecular weight is 404 g/mol. The van der Waals surface area contributed by atoms with Crippen LogP contribution in [0.15, 0.2) is 66.7 Å². The Labute approximate surface area is 161 Å². The standard InChI is InChI=1S/C19H11F3N2O5/c20-19(21,22)14-10-16(23(25)26)18(17(11-14)24(27)28)29-15-8-6-13(7-9-15)12-4-2-1-3-5-12/h1-11H. The number of halogens is 3. The van der Waals surface area contributed by atoms with Crippen LogP contribution in [0.2, 0.25) is 0 Å². The molecule has 0 saturated heterocycles. The van der Waals surface area contributed by atoms with Crippen molar-refractivity contribution in [2.45, 2.75) is 6.18 Å². The van der Waals surface area contributed by atoms with Crippen molar-refractivity contribution >= 4 is 11.4 Å². The van der Waals surface area contributed by atoms with E-state index in [0.717, 1.165) is 11.1 Å². The van der Waals surface area contributed by atoms with Gasteiger partial charge in [0.25, 0.3) is 5.75 Å². The minimum Gasteiger partial charge on any atom is -0.444 e. The predicted molar refractivity (Wildman–Crippen MR) is 96.7 cm³/mol. The van der Waals surface area contributed by atoms with Crippen LogP contribution in [-0.2, 0) is 6.18 Å². The molecule has 0 N–H and O–H groups in total. The van der Waals surface area contributed by atoms with E-state index in [-0.39, 0.29) is 17.9 Å².